The summed E-state index contributed by atoms with van der Waals surface area (Å²) >= 11 is 0. The quantitative estimate of drug-likeness (QED) is 0.0581. The van der Waals surface area contributed by atoms with E-state index in [4.69, 9.17) is 4.74 Å². The molecule has 10 aromatic heterocycles. The number of ether oxygens (including phenoxy) is 1. The SMILES string of the molecule is CNc1cc(C)ccn1.CNc1ccccn1.CNc1cccnc1.CNc1cnc2ccccc2n1.CNc1ncc2ccccc2n1.CNc1nccc(OC)n1.CNc1nccc2cccnc12.CNc1ncccc1C(C)(F)F.CNc1ncccn1. The molecule has 0 spiro atoms. The van der Waals surface area contributed by atoms with Gasteiger partial charge in [0.1, 0.15) is 28.8 Å². The molecule has 474 valence electrons. The molecule has 0 amide bonds. The number of pyridine rings is 6. The van der Waals surface area contributed by atoms with Crippen LogP contribution in [0.3, 0.4) is 0 Å². The number of aromatic nitrogens is 14. The second-order valence-electron chi connectivity index (χ2n) is 17.9. The van der Waals surface area contributed by atoms with Crippen molar-refractivity contribution in [2.75, 3.05) is 118 Å². The van der Waals surface area contributed by atoms with Crippen LogP contribution in [0.1, 0.15) is 18.1 Å². The van der Waals surface area contributed by atoms with Crippen LogP contribution in [0.4, 0.5) is 61.4 Å². The molecular weight excluding hydrogens is 1160 g/mol. The number of aryl methyl sites for hydroxylation is 1. The summed E-state index contributed by atoms with van der Waals surface area (Å²) < 4.78 is 30.5. The van der Waals surface area contributed by atoms with E-state index in [1.165, 1.54) is 23.9 Å². The Morgan fingerprint density at radius 3 is 1.52 bits per heavy atom. The lowest BCUT2D eigenvalue weighted by Gasteiger charge is -2.13. The fourth-order valence-corrected chi connectivity index (χ4v) is 7.01. The minimum Gasteiger partial charge on any atom is -0.481 e. The van der Waals surface area contributed by atoms with E-state index >= 15 is 0 Å². The smallest absolute Gasteiger partial charge is 0.274 e. The van der Waals surface area contributed by atoms with E-state index < -0.39 is 5.92 Å². The molecule has 12 rings (SSSR count). The van der Waals surface area contributed by atoms with Crippen LogP contribution in [-0.2, 0) is 5.92 Å². The second-order valence-corrected chi connectivity index (χ2v) is 17.9. The largest absolute Gasteiger partial charge is 0.481 e. The molecule has 10 heterocycles. The molecule has 0 aliphatic carbocycles. The van der Waals surface area contributed by atoms with E-state index in [2.05, 4.69) is 118 Å². The molecule has 0 saturated heterocycles. The van der Waals surface area contributed by atoms with Gasteiger partial charge in [0.2, 0.25) is 23.7 Å². The Bertz CT molecular complexity index is 3690. The molecule has 0 radical (unpaired) electrons. The molecule has 24 nitrogen and oxygen atoms in total. The van der Waals surface area contributed by atoms with Gasteiger partial charge in [0.05, 0.1) is 41.1 Å². The zero-order valence-corrected chi connectivity index (χ0v) is 53.1. The molecule has 0 aliphatic heterocycles. The number of nitrogens with one attached hydrogen (secondary N) is 9. The number of hydrogen-bond acceptors (Lipinski definition) is 24. The van der Waals surface area contributed by atoms with E-state index in [9.17, 15) is 8.78 Å². The van der Waals surface area contributed by atoms with Crippen molar-refractivity contribution >= 4 is 85.5 Å². The predicted octanol–water partition coefficient (Wildman–Crippen LogP) is 12.0. The maximum Gasteiger partial charge on any atom is 0.274 e. The topological polar surface area (TPSA) is 298 Å². The maximum absolute atomic E-state index is 12.8. The normalized spacial score (nSPS) is 9.65. The Morgan fingerprint density at radius 2 is 0.945 bits per heavy atom. The monoisotopic (exact) mass is 1240 g/mol. The standard InChI is InChI=1S/3C9H9N3.C8H10F2N2.C7H10N2.C6H9N3O.2C6H8N2.C5H7N3/c1-10-9-8-7(4-6-12-9)3-2-5-11-8;1-10-9-6-11-7-4-2-3-5-8(7)12-9;1-10-9-11-6-7-4-2-3-5-8(7)12-9;1-8(9,10)6-4-3-5-12-7(6)11-2;1-6-3-4-9-7(5-6)8-2;1-7-6-8-4-3-5(9-6)10-2;1-7-6-3-2-4-8-5-6;1-7-6-4-2-3-5-8-6;1-6-5-7-3-2-4-8-5/h2*2-6H,1H3,(H,10,12);2-6H,1H3,(H,10,11,12);3-5H,1-2H3,(H,11,12);3-5H,1-2H3,(H,8,9);3-4H,1-2H3,(H,7,8,9);2-5,7H,1H3;2-5H,1H3,(H,7,8);2-4H,1H3,(H,6,7,8). The second kappa shape index (κ2) is 41.4. The molecule has 9 N–H and O–H groups in total. The number of fused-ring (bicyclic) bond motifs is 3. The van der Waals surface area contributed by atoms with Gasteiger partial charge >= 0.3 is 0 Å². The number of halogens is 2. The van der Waals surface area contributed by atoms with Crippen molar-refractivity contribution in [2.45, 2.75) is 19.8 Å². The summed E-state index contributed by atoms with van der Waals surface area (Å²) in [5.74, 6) is 3.31. The molecule has 91 heavy (non-hydrogen) atoms. The number of nitrogens with zero attached hydrogens (tertiary/aromatic N) is 14. The molecule has 0 saturated carbocycles. The minimum absolute atomic E-state index is 0.0764. The van der Waals surface area contributed by atoms with Crippen molar-refractivity contribution in [1.29, 1.82) is 0 Å². The van der Waals surface area contributed by atoms with Gasteiger partial charge < -0.3 is 52.6 Å². The first-order chi connectivity index (χ1) is 44.3. The van der Waals surface area contributed by atoms with Gasteiger partial charge in [0.15, 0.2) is 5.82 Å². The highest BCUT2D eigenvalue weighted by Crippen LogP contribution is 2.31. The van der Waals surface area contributed by atoms with Gasteiger partial charge in [-0.2, -0.15) is 4.98 Å². The van der Waals surface area contributed by atoms with Gasteiger partial charge in [0, 0.05) is 155 Å². The summed E-state index contributed by atoms with van der Waals surface area (Å²) in [6.07, 6.45) is 20.7. The lowest BCUT2D eigenvalue weighted by atomic mass is 10.1. The first kappa shape index (κ1) is 71.8. The van der Waals surface area contributed by atoms with E-state index in [1.54, 1.807) is 102 Å². The minimum atomic E-state index is -2.84. The Labute approximate surface area is 529 Å². The first-order valence-corrected chi connectivity index (χ1v) is 28.2. The number of alkyl halides is 2. The van der Waals surface area contributed by atoms with Gasteiger partial charge in [-0.05, 0) is 97.4 Å². The van der Waals surface area contributed by atoms with E-state index in [1.807, 2.05) is 165 Å². The molecule has 2 aromatic carbocycles. The van der Waals surface area contributed by atoms with Crippen LogP contribution in [0.25, 0.3) is 32.8 Å². The molecule has 0 fully saturated rings. The molecular formula is C65H79F2N23O. The number of para-hydroxylation sites is 3. The number of hydrogen-bond donors (Lipinski definition) is 9. The van der Waals surface area contributed by atoms with Crippen molar-refractivity contribution in [3.8, 4) is 5.88 Å². The lowest BCUT2D eigenvalue weighted by Crippen LogP contribution is -2.11. The van der Waals surface area contributed by atoms with Gasteiger partial charge in [-0.15, -0.1) is 0 Å². The van der Waals surface area contributed by atoms with Gasteiger partial charge in [-0.1, -0.05) is 42.5 Å². The van der Waals surface area contributed by atoms with Crippen molar-refractivity contribution in [1.82, 2.24) is 69.8 Å². The van der Waals surface area contributed by atoms with Crippen LogP contribution in [0.2, 0.25) is 0 Å². The summed E-state index contributed by atoms with van der Waals surface area (Å²) in [6.45, 7) is 2.90. The average Bonchev–Trinajstić information content (AvgIpc) is 2.33. The van der Waals surface area contributed by atoms with Crippen molar-refractivity contribution in [2.24, 2.45) is 0 Å². The van der Waals surface area contributed by atoms with Crippen molar-refractivity contribution < 1.29 is 13.5 Å². The van der Waals surface area contributed by atoms with Crippen LogP contribution >= 0.6 is 0 Å². The van der Waals surface area contributed by atoms with E-state index in [-0.39, 0.29) is 11.4 Å². The summed E-state index contributed by atoms with van der Waals surface area (Å²) in [4.78, 5) is 56.6. The number of benzene rings is 2. The number of methoxy groups -OCH3 is 1. The molecule has 0 aliphatic rings. The average molecular weight is 1240 g/mol. The third-order valence-electron chi connectivity index (χ3n) is 11.6. The van der Waals surface area contributed by atoms with E-state index in [0.717, 1.165) is 68.7 Å². The Morgan fingerprint density at radius 1 is 0.374 bits per heavy atom. The predicted molar refractivity (Wildman–Crippen MR) is 366 cm³/mol. The molecule has 0 atom stereocenters. The van der Waals surface area contributed by atoms with Gasteiger partial charge in [-0.3, -0.25) is 15.0 Å². The lowest BCUT2D eigenvalue weighted by molar-refractivity contribution is 0.0179. The van der Waals surface area contributed by atoms with Gasteiger partial charge in [-0.25, -0.2) is 58.6 Å². The number of anilines is 9. The Kier molecular flexibility index (Phi) is 32.7. The highest BCUT2D eigenvalue weighted by atomic mass is 19.3. The van der Waals surface area contributed by atoms with Crippen LogP contribution in [-0.4, -0.2) is 140 Å². The van der Waals surface area contributed by atoms with Crippen LogP contribution in [0.5, 0.6) is 5.88 Å². The van der Waals surface area contributed by atoms with E-state index in [0.29, 0.717) is 23.7 Å². The van der Waals surface area contributed by atoms with Crippen LogP contribution < -0.4 is 52.6 Å². The van der Waals surface area contributed by atoms with Crippen molar-refractivity contribution in [3.63, 3.8) is 0 Å². The summed E-state index contributed by atoms with van der Waals surface area (Å²) in [5, 5.41) is 28.1. The zero-order valence-electron chi connectivity index (χ0n) is 53.1. The zero-order chi connectivity index (χ0) is 65.9. The molecule has 0 unspecified atom stereocenters. The first-order valence-electron chi connectivity index (χ1n) is 28.2. The fourth-order valence-electron chi connectivity index (χ4n) is 7.01. The molecule has 0 bridgehead atoms. The fraction of sp³-hybridized carbons (Fsp3) is 0.200. The van der Waals surface area contributed by atoms with Crippen LogP contribution in [0, 0.1) is 6.92 Å². The highest BCUT2D eigenvalue weighted by Gasteiger charge is 2.27. The summed E-state index contributed by atoms with van der Waals surface area (Å²) in [5.41, 5.74) is 5.94. The third kappa shape index (κ3) is 26.8. The van der Waals surface area contributed by atoms with Crippen LogP contribution in [0.15, 0.2) is 208 Å². The Balaban J connectivity index is 0.000000220. The summed E-state index contributed by atoms with van der Waals surface area (Å²) in [7, 11) is 17.8. The molecule has 12 aromatic rings. The highest BCUT2D eigenvalue weighted by molar-refractivity contribution is 5.87. The van der Waals surface area contributed by atoms with Crippen molar-refractivity contribution in [3.05, 3.63) is 219 Å². The maximum atomic E-state index is 12.8. The number of rotatable bonds is 11. The van der Waals surface area contributed by atoms with Gasteiger partial charge in [0.25, 0.3) is 5.92 Å². The Hall–Kier alpha value is -11.7. The third-order valence-corrected chi connectivity index (χ3v) is 11.6. The molecule has 26 heteroatoms. The summed E-state index contributed by atoms with van der Waals surface area (Å²) in [6, 6.07) is 41.5.